The molecule has 1 amide bonds. The summed E-state index contributed by atoms with van der Waals surface area (Å²) in [7, 11) is -2.96. The summed E-state index contributed by atoms with van der Waals surface area (Å²) in [6.45, 7) is 0. The van der Waals surface area contributed by atoms with Crippen LogP contribution in [-0.2, 0) is 14.6 Å². The number of anilines is 1. The van der Waals surface area contributed by atoms with E-state index in [9.17, 15) is 13.2 Å². The number of carbonyl (C=O) groups excluding carboxylic acids is 1. The van der Waals surface area contributed by atoms with Crippen LogP contribution < -0.4 is 5.32 Å². The van der Waals surface area contributed by atoms with E-state index in [4.69, 9.17) is 0 Å². The van der Waals surface area contributed by atoms with Gasteiger partial charge in [0.2, 0.25) is 5.91 Å². The van der Waals surface area contributed by atoms with Crippen molar-refractivity contribution < 1.29 is 13.2 Å². The van der Waals surface area contributed by atoms with E-state index < -0.39 is 9.84 Å². The molecule has 0 saturated carbocycles. The second kappa shape index (κ2) is 7.85. The second-order valence-electron chi connectivity index (χ2n) is 7.00. The molecule has 2 aromatic carbocycles. The van der Waals surface area contributed by atoms with Crippen molar-refractivity contribution in [3.63, 3.8) is 0 Å². The van der Waals surface area contributed by atoms with Gasteiger partial charge in [0.1, 0.15) is 0 Å². The van der Waals surface area contributed by atoms with Crippen LogP contribution in [0.1, 0.15) is 12.8 Å². The molecule has 28 heavy (non-hydrogen) atoms. The van der Waals surface area contributed by atoms with Gasteiger partial charge in [-0.05, 0) is 23.5 Å². The van der Waals surface area contributed by atoms with Crippen LogP contribution in [0, 0.1) is 5.92 Å². The lowest BCUT2D eigenvalue weighted by atomic mass is 10.0. The Morgan fingerprint density at radius 2 is 1.71 bits per heavy atom. The molecule has 1 N–H and O–H groups in total. The molecule has 1 aliphatic rings. The summed E-state index contributed by atoms with van der Waals surface area (Å²) in [5.41, 5.74) is 4.09. The molecule has 1 aliphatic heterocycles. The Morgan fingerprint density at radius 1 is 1.04 bits per heavy atom. The molecular formula is C21H20N2O3S2. The summed E-state index contributed by atoms with van der Waals surface area (Å²) >= 11 is 1.37. The quantitative estimate of drug-likeness (QED) is 0.680. The first-order valence-corrected chi connectivity index (χ1v) is 11.8. The Balaban J connectivity index is 1.39. The van der Waals surface area contributed by atoms with Crippen molar-refractivity contribution in [2.75, 3.05) is 16.8 Å². The molecule has 0 unspecified atom stereocenters. The average Bonchev–Trinajstić information content (AvgIpc) is 3.28. The molecule has 1 aromatic heterocycles. The first-order valence-electron chi connectivity index (χ1n) is 9.10. The van der Waals surface area contributed by atoms with Gasteiger partial charge in [0.25, 0.3) is 0 Å². The smallest absolute Gasteiger partial charge is 0.226 e. The van der Waals surface area contributed by atoms with Crippen molar-refractivity contribution in [3.8, 4) is 22.4 Å². The molecule has 4 rings (SSSR count). The van der Waals surface area contributed by atoms with E-state index in [1.165, 1.54) is 11.3 Å². The lowest BCUT2D eigenvalue weighted by Crippen LogP contribution is -2.17. The number of amides is 1. The Morgan fingerprint density at radius 3 is 2.39 bits per heavy atom. The third-order valence-corrected chi connectivity index (χ3v) is 7.43. The van der Waals surface area contributed by atoms with E-state index in [1.54, 1.807) is 0 Å². The second-order valence-corrected chi connectivity index (χ2v) is 10.1. The number of hydrogen-bond donors (Lipinski definition) is 1. The summed E-state index contributed by atoms with van der Waals surface area (Å²) in [6.07, 6.45) is 0.784. The van der Waals surface area contributed by atoms with E-state index >= 15 is 0 Å². The highest BCUT2D eigenvalue weighted by Crippen LogP contribution is 2.28. The van der Waals surface area contributed by atoms with Gasteiger partial charge in [-0.2, -0.15) is 0 Å². The largest absolute Gasteiger partial charge is 0.302 e. The van der Waals surface area contributed by atoms with Gasteiger partial charge in [0.05, 0.1) is 17.2 Å². The van der Waals surface area contributed by atoms with Crippen LogP contribution in [0.2, 0.25) is 0 Å². The van der Waals surface area contributed by atoms with Gasteiger partial charge in [0.15, 0.2) is 15.0 Å². The zero-order chi connectivity index (χ0) is 19.6. The maximum Gasteiger partial charge on any atom is 0.226 e. The SMILES string of the molecule is O=C(C[C@H]1CCS(=O)(=O)C1)Nc1nc(-c2ccc(-c3ccccc3)cc2)cs1. The van der Waals surface area contributed by atoms with Gasteiger partial charge in [-0.1, -0.05) is 54.6 Å². The molecule has 1 fully saturated rings. The molecule has 7 heteroatoms. The molecule has 0 spiro atoms. The molecule has 1 saturated heterocycles. The van der Waals surface area contributed by atoms with Gasteiger partial charge < -0.3 is 5.32 Å². The van der Waals surface area contributed by atoms with Crippen LogP contribution in [0.15, 0.2) is 60.0 Å². The monoisotopic (exact) mass is 412 g/mol. The molecule has 1 atom stereocenters. The Labute approximate surface area is 168 Å². The fourth-order valence-electron chi connectivity index (χ4n) is 3.39. The van der Waals surface area contributed by atoms with Crippen molar-refractivity contribution in [3.05, 3.63) is 60.0 Å². The van der Waals surface area contributed by atoms with Crippen molar-refractivity contribution in [2.45, 2.75) is 12.8 Å². The predicted molar refractivity (Wildman–Crippen MR) is 113 cm³/mol. The first-order chi connectivity index (χ1) is 13.5. The molecule has 2 heterocycles. The minimum atomic E-state index is -2.96. The third kappa shape index (κ3) is 4.48. The number of aromatic nitrogens is 1. The van der Waals surface area contributed by atoms with E-state index in [0.29, 0.717) is 11.6 Å². The van der Waals surface area contributed by atoms with E-state index in [1.807, 2.05) is 35.7 Å². The summed E-state index contributed by atoms with van der Waals surface area (Å²) in [4.78, 5) is 16.7. The molecule has 0 aliphatic carbocycles. The maximum absolute atomic E-state index is 12.2. The van der Waals surface area contributed by atoms with Gasteiger partial charge in [0, 0.05) is 17.4 Å². The van der Waals surface area contributed by atoms with Crippen LogP contribution >= 0.6 is 11.3 Å². The zero-order valence-electron chi connectivity index (χ0n) is 15.2. The maximum atomic E-state index is 12.2. The number of rotatable bonds is 5. The Hall–Kier alpha value is -2.51. The molecule has 144 valence electrons. The predicted octanol–water partition coefficient (Wildman–Crippen LogP) is 4.24. The number of thiazole rings is 1. The topological polar surface area (TPSA) is 76.1 Å². The number of nitrogens with zero attached hydrogens (tertiary/aromatic N) is 1. The van der Waals surface area contributed by atoms with Crippen molar-refractivity contribution in [1.82, 2.24) is 4.98 Å². The van der Waals surface area contributed by atoms with Crippen LogP contribution in [0.5, 0.6) is 0 Å². The van der Waals surface area contributed by atoms with E-state index in [-0.39, 0.29) is 29.8 Å². The minimum Gasteiger partial charge on any atom is -0.302 e. The van der Waals surface area contributed by atoms with E-state index in [2.05, 4.69) is 34.6 Å². The van der Waals surface area contributed by atoms with Gasteiger partial charge in [-0.25, -0.2) is 13.4 Å². The van der Waals surface area contributed by atoms with Crippen LogP contribution in [0.4, 0.5) is 5.13 Å². The highest BCUT2D eigenvalue weighted by molar-refractivity contribution is 7.91. The summed E-state index contributed by atoms with van der Waals surface area (Å²) < 4.78 is 23.0. The van der Waals surface area contributed by atoms with Crippen molar-refractivity contribution >= 4 is 32.2 Å². The zero-order valence-corrected chi connectivity index (χ0v) is 16.8. The first kappa shape index (κ1) is 18.8. The molecule has 5 nitrogen and oxygen atoms in total. The summed E-state index contributed by atoms with van der Waals surface area (Å²) in [5.74, 6) is 0.0280. The lowest BCUT2D eigenvalue weighted by molar-refractivity contribution is -0.116. The van der Waals surface area contributed by atoms with Crippen molar-refractivity contribution in [2.24, 2.45) is 5.92 Å². The number of nitrogens with one attached hydrogen (secondary N) is 1. The number of benzene rings is 2. The third-order valence-electron chi connectivity index (χ3n) is 4.84. The fraction of sp³-hybridized carbons (Fsp3) is 0.238. The Kier molecular flexibility index (Phi) is 5.28. The minimum absolute atomic E-state index is 0.0880. The van der Waals surface area contributed by atoms with Crippen LogP contribution in [-0.4, -0.2) is 30.8 Å². The van der Waals surface area contributed by atoms with Gasteiger partial charge in [-0.15, -0.1) is 11.3 Å². The molecular weight excluding hydrogens is 392 g/mol. The molecule has 0 radical (unpaired) electrons. The highest BCUT2D eigenvalue weighted by Gasteiger charge is 2.29. The van der Waals surface area contributed by atoms with Crippen molar-refractivity contribution in [1.29, 1.82) is 0 Å². The number of carbonyl (C=O) groups is 1. The Bertz CT molecular complexity index is 1070. The van der Waals surface area contributed by atoms with E-state index in [0.717, 1.165) is 22.4 Å². The lowest BCUT2D eigenvalue weighted by Gasteiger charge is -2.06. The summed E-state index contributed by atoms with van der Waals surface area (Å²) in [5, 5.41) is 5.24. The van der Waals surface area contributed by atoms with Gasteiger partial charge >= 0.3 is 0 Å². The van der Waals surface area contributed by atoms with Crippen LogP contribution in [0.25, 0.3) is 22.4 Å². The van der Waals surface area contributed by atoms with Crippen LogP contribution in [0.3, 0.4) is 0 Å². The standard InChI is InChI=1S/C21H20N2O3S2/c24-20(12-15-10-11-28(25,26)14-15)23-21-22-19(13-27-21)18-8-6-17(7-9-18)16-4-2-1-3-5-16/h1-9,13,15H,10-12,14H2,(H,22,23,24)/t15-/m1/s1. The normalized spacial score (nSPS) is 18.1. The highest BCUT2D eigenvalue weighted by atomic mass is 32.2. The molecule has 3 aromatic rings. The molecule has 0 bridgehead atoms. The number of hydrogen-bond acceptors (Lipinski definition) is 5. The fourth-order valence-corrected chi connectivity index (χ4v) is 5.99. The average molecular weight is 413 g/mol. The summed E-state index contributed by atoms with van der Waals surface area (Å²) in [6, 6.07) is 18.3. The number of sulfone groups is 1. The van der Waals surface area contributed by atoms with Gasteiger partial charge in [-0.3, -0.25) is 4.79 Å².